The van der Waals surface area contributed by atoms with Crippen molar-refractivity contribution in [2.45, 2.75) is 32.4 Å². The highest BCUT2D eigenvalue weighted by Gasteiger charge is 2.28. The van der Waals surface area contributed by atoms with E-state index in [0.29, 0.717) is 6.42 Å². The highest BCUT2D eigenvalue weighted by atomic mass is 16.5. The molecule has 21 heavy (non-hydrogen) atoms. The quantitative estimate of drug-likeness (QED) is 0.805. The Morgan fingerprint density at radius 2 is 2.05 bits per heavy atom. The fourth-order valence-corrected chi connectivity index (χ4v) is 2.86. The predicted molar refractivity (Wildman–Crippen MR) is 84.0 cm³/mol. The van der Waals surface area contributed by atoms with Crippen molar-refractivity contribution in [3.8, 4) is 0 Å². The lowest BCUT2D eigenvalue weighted by Crippen LogP contribution is -2.42. The zero-order chi connectivity index (χ0) is 15.1. The zero-order valence-corrected chi connectivity index (χ0v) is 13.1. The van der Waals surface area contributed by atoms with E-state index in [1.54, 1.807) is 7.11 Å². The van der Waals surface area contributed by atoms with Gasteiger partial charge >= 0.3 is 0 Å². The molecule has 2 rings (SSSR count). The molecular weight excluding hydrogens is 264 g/mol. The van der Waals surface area contributed by atoms with E-state index in [9.17, 15) is 4.79 Å². The summed E-state index contributed by atoms with van der Waals surface area (Å²) in [5, 5.41) is 0. The van der Waals surface area contributed by atoms with Crippen LogP contribution in [0.15, 0.2) is 30.3 Å². The van der Waals surface area contributed by atoms with Gasteiger partial charge in [-0.05, 0) is 12.0 Å². The molecule has 1 amide bonds. The Bertz CT molecular complexity index is 436. The fraction of sp³-hybridized carbons (Fsp3) is 0.588. The molecule has 1 saturated heterocycles. The smallest absolute Gasteiger partial charge is 0.224 e. The van der Waals surface area contributed by atoms with Crippen LogP contribution in [0.3, 0.4) is 0 Å². The van der Waals surface area contributed by atoms with Crippen molar-refractivity contribution in [3.05, 3.63) is 35.9 Å². The summed E-state index contributed by atoms with van der Waals surface area (Å²) in [6.07, 6.45) is 1.59. The fourth-order valence-electron chi connectivity index (χ4n) is 2.86. The maximum absolute atomic E-state index is 12.5. The number of ether oxygens (including phenoxy) is 1. The van der Waals surface area contributed by atoms with E-state index in [0.717, 1.165) is 39.2 Å². The van der Waals surface area contributed by atoms with Gasteiger partial charge in [0.2, 0.25) is 5.91 Å². The van der Waals surface area contributed by atoms with E-state index < -0.39 is 0 Å². The molecule has 0 bridgehead atoms. The third kappa shape index (κ3) is 4.55. The summed E-state index contributed by atoms with van der Waals surface area (Å²) in [4.78, 5) is 16.9. The summed E-state index contributed by atoms with van der Waals surface area (Å²) < 4.78 is 5.16. The molecule has 116 valence electrons. The first kappa shape index (κ1) is 16.0. The third-order valence-corrected chi connectivity index (χ3v) is 4.15. The minimum atomic E-state index is 0.269. The highest BCUT2D eigenvalue weighted by Crippen LogP contribution is 2.17. The van der Waals surface area contributed by atoms with Crippen LogP contribution in [0.1, 0.15) is 25.3 Å². The minimum absolute atomic E-state index is 0.269. The van der Waals surface area contributed by atoms with Gasteiger partial charge in [-0.25, -0.2) is 0 Å². The molecule has 0 aliphatic carbocycles. The minimum Gasteiger partial charge on any atom is -0.383 e. The van der Waals surface area contributed by atoms with Gasteiger partial charge in [0, 0.05) is 45.8 Å². The molecule has 1 aliphatic rings. The molecule has 0 unspecified atom stereocenters. The van der Waals surface area contributed by atoms with Crippen LogP contribution >= 0.6 is 0 Å². The van der Waals surface area contributed by atoms with Crippen molar-refractivity contribution in [3.63, 3.8) is 0 Å². The number of amides is 1. The first-order valence-electron chi connectivity index (χ1n) is 7.79. The van der Waals surface area contributed by atoms with E-state index in [1.807, 2.05) is 18.2 Å². The van der Waals surface area contributed by atoms with E-state index in [1.165, 1.54) is 5.56 Å². The lowest BCUT2D eigenvalue weighted by atomic mass is 10.1. The van der Waals surface area contributed by atoms with Crippen LogP contribution < -0.4 is 0 Å². The van der Waals surface area contributed by atoms with E-state index in [2.05, 4.69) is 28.9 Å². The summed E-state index contributed by atoms with van der Waals surface area (Å²) in [7, 11) is 1.72. The van der Waals surface area contributed by atoms with Crippen LogP contribution in [0.25, 0.3) is 0 Å². The Morgan fingerprint density at radius 3 is 2.71 bits per heavy atom. The highest BCUT2D eigenvalue weighted by molar-refractivity contribution is 5.77. The predicted octanol–water partition coefficient (Wildman–Crippen LogP) is 2.15. The number of carbonyl (C=O) groups excluding carboxylic acids is 1. The average molecular weight is 290 g/mol. The number of carbonyl (C=O) groups is 1. The van der Waals surface area contributed by atoms with Gasteiger partial charge in [-0.2, -0.15) is 0 Å². The number of benzene rings is 1. The monoisotopic (exact) mass is 290 g/mol. The van der Waals surface area contributed by atoms with Crippen LogP contribution in [0.4, 0.5) is 0 Å². The molecule has 0 saturated carbocycles. The molecule has 4 heteroatoms. The van der Waals surface area contributed by atoms with Crippen molar-refractivity contribution >= 4 is 5.91 Å². The SMILES string of the molecule is CC[C@H]1CN(CCOC)CCC(=O)N1Cc1ccccc1. The van der Waals surface area contributed by atoms with E-state index >= 15 is 0 Å². The number of methoxy groups -OCH3 is 1. The topological polar surface area (TPSA) is 32.8 Å². The molecule has 1 aliphatic heterocycles. The Hall–Kier alpha value is -1.39. The van der Waals surface area contributed by atoms with Gasteiger partial charge in [0.25, 0.3) is 0 Å². The first-order valence-corrected chi connectivity index (χ1v) is 7.79. The van der Waals surface area contributed by atoms with Gasteiger partial charge in [-0.15, -0.1) is 0 Å². The first-order chi connectivity index (χ1) is 10.2. The van der Waals surface area contributed by atoms with Gasteiger partial charge in [-0.1, -0.05) is 37.3 Å². The Labute approximate surface area is 127 Å². The second-order valence-corrected chi connectivity index (χ2v) is 5.61. The lowest BCUT2D eigenvalue weighted by molar-refractivity contribution is -0.133. The maximum atomic E-state index is 12.5. The number of nitrogens with zero attached hydrogens (tertiary/aromatic N) is 2. The van der Waals surface area contributed by atoms with Gasteiger partial charge in [0.05, 0.1) is 6.61 Å². The third-order valence-electron chi connectivity index (χ3n) is 4.15. The number of rotatable bonds is 6. The van der Waals surface area contributed by atoms with Gasteiger partial charge in [-0.3, -0.25) is 9.69 Å². The molecule has 1 aromatic rings. The summed E-state index contributed by atoms with van der Waals surface area (Å²) in [6, 6.07) is 10.5. The van der Waals surface area contributed by atoms with Crippen molar-refractivity contribution in [2.24, 2.45) is 0 Å². The second kappa shape index (κ2) is 8.15. The maximum Gasteiger partial charge on any atom is 0.224 e. The Morgan fingerprint density at radius 1 is 1.29 bits per heavy atom. The molecule has 0 aromatic heterocycles. The summed E-state index contributed by atoms with van der Waals surface area (Å²) in [5.74, 6) is 0.269. The van der Waals surface area contributed by atoms with Gasteiger partial charge < -0.3 is 9.64 Å². The number of hydrogen-bond donors (Lipinski definition) is 0. The van der Waals surface area contributed by atoms with Gasteiger partial charge in [0.15, 0.2) is 0 Å². The molecule has 1 fully saturated rings. The summed E-state index contributed by atoms with van der Waals surface area (Å²) in [5.41, 5.74) is 1.20. The standard InChI is InChI=1S/C17H26N2O2/c1-3-16-14-18(11-12-21-2)10-9-17(20)19(16)13-15-7-5-4-6-8-15/h4-8,16H,3,9-14H2,1-2H3/t16-/m0/s1. The van der Waals surface area contributed by atoms with Crippen LogP contribution in [0.5, 0.6) is 0 Å². The van der Waals surface area contributed by atoms with Gasteiger partial charge in [0.1, 0.15) is 0 Å². The zero-order valence-electron chi connectivity index (χ0n) is 13.1. The van der Waals surface area contributed by atoms with Crippen LogP contribution in [0.2, 0.25) is 0 Å². The molecule has 0 N–H and O–H groups in total. The second-order valence-electron chi connectivity index (χ2n) is 5.61. The largest absolute Gasteiger partial charge is 0.383 e. The summed E-state index contributed by atoms with van der Waals surface area (Å²) in [6.45, 7) is 6.29. The summed E-state index contributed by atoms with van der Waals surface area (Å²) >= 11 is 0. The van der Waals surface area contributed by atoms with Crippen molar-refractivity contribution in [1.29, 1.82) is 0 Å². The lowest BCUT2D eigenvalue weighted by Gasteiger charge is -2.31. The molecule has 1 atom stereocenters. The molecule has 0 radical (unpaired) electrons. The van der Waals surface area contributed by atoms with E-state index in [-0.39, 0.29) is 11.9 Å². The molecule has 0 spiro atoms. The average Bonchev–Trinajstić information content (AvgIpc) is 2.67. The van der Waals surface area contributed by atoms with E-state index in [4.69, 9.17) is 4.74 Å². The van der Waals surface area contributed by atoms with Crippen LogP contribution in [-0.2, 0) is 16.1 Å². The van der Waals surface area contributed by atoms with Crippen molar-refractivity contribution in [1.82, 2.24) is 9.80 Å². The van der Waals surface area contributed by atoms with Crippen molar-refractivity contribution in [2.75, 3.05) is 33.4 Å². The van der Waals surface area contributed by atoms with Crippen molar-refractivity contribution < 1.29 is 9.53 Å². The molecule has 1 aromatic carbocycles. The van der Waals surface area contributed by atoms with Crippen LogP contribution in [-0.4, -0.2) is 55.1 Å². The van der Waals surface area contributed by atoms with Crippen LogP contribution in [0, 0.1) is 0 Å². The molecule has 1 heterocycles. The normalized spacial score (nSPS) is 20.6. The number of hydrogen-bond acceptors (Lipinski definition) is 3. The molecule has 4 nitrogen and oxygen atoms in total. The Balaban J connectivity index is 2.05. The Kier molecular flexibility index (Phi) is 6.21. The molecular formula is C17H26N2O2.